The van der Waals surface area contributed by atoms with Crippen molar-refractivity contribution in [3.05, 3.63) is 57.8 Å². The highest BCUT2D eigenvalue weighted by atomic mass is 79.9. The van der Waals surface area contributed by atoms with E-state index in [1.165, 1.54) is 0 Å². The summed E-state index contributed by atoms with van der Waals surface area (Å²) in [7, 11) is 0. The van der Waals surface area contributed by atoms with Gasteiger partial charge in [0.25, 0.3) is 0 Å². The number of aromatic nitrogens is 2. The third kappa shape index (κ3) is 4.14. The first-order valence-electron chi connectivity index (χ1n) is 10.1. The standard InChI is InChI=1S/C23H23BrN4O3/c1-14-22(21(31)12-27-7-6-16(13-29)20(30)11-27)23-19(8-17(24)10-26-23)28(14)18-4-2-15(9-25)3-5-18/h2-5,8,10,16,20,29-30H,6-7,11-13H2,1H3/t16-,20-/m1/s1. The number of nitrogens with zero attached hydrogens (tertiary/aromatic N) is 4. The molecule has 2 atom stereocenters. The maximum atomic E-state index is 13.4. The number of β-amino-alcohol motifs (C(OH)–C–C–N with tert-alkyl or cyclic N) is 1. The number of aliphatic hydroxyl groups is 2. The number of benzene rings is 1. The van der Waals surface area contributed by atoms with E-state index in [1.807, 2.05) is 34.6 Å². The van der Waals surface area contributed by atoms with E-state index in [4.69, 9.17) is 5.26 Å². The molecule has 0 unspecified atom stereocenters. The number of hydrogen-bond donors (Lipinski definition) is 2. The van der Waals surface area contributed by atoms with Crippen molar-refractivity contribution >= 4 is 32.7 Å². The molecule has 8 heteroatoms. The van der Waals surface area contributed by atoms with E-state index in [0.29, 0.717) is 36.2 Å². The van der Waals surface area contributed by atoms with Gasteiger partial charge in [0.1, 0.15) is 0 Å². The first-order chi connectivity index (χ1) is 14.9. The Morgan fingerprint density at radius 3 is 2.74 bits per heavy atom. The maximum absolute atomic E-state index is 13.4. The molecule has 0 saturated carbocycles. The molecule has 0 radical (unpaired) electrons. The van der Waals surface area contributed by atoms with Gasteiger partial charge in [0, 0.05) is 41.1 Å². The first kappa shape index (κ1) is 21.7. The van der Waals surface area contributed by atoms with E-state index >= 15 is 0 Å². The number of piperidine rings is 1. The van der Waals surface area contributed by atoms with Crippen LogP contribution in [-0.2, 0) is 0 Å². The Morgan fingerprint density at radius 1 is 1.35 bits per heavy atom. The lowest BCUT2D eigenvalue weighted by Gasteiger charge is -2.34. The molecule has 0 aliphatic carbocycles. The lowest BCUT2D eigenvalue weighted by atomic mass is 9.94. The van der Waals surface area contributed by atoms with Gasteiger partial charge >= 0.3 is 0 Å². The second-order valence-electron chi connectivity index (χ2n) is 7.93. The Hall–Kier alpha value is -2.57. The summed E-state index contributed by atoms with van der Waals surface area (Å²) in [6.07, 6.45) is 1.70. The lowest BCUT2D eigenvalue weighted by Crippen LogP contribution is -2.46. The van der Waals surface area contributed by atoms with E-state index in [0.717, 1.165) is 21.4 Å². The Kier molecular flexibility index (Phi) is 6.21. The van der Waals surface area contributed by atoms with Crippen LogP contribution in [0, 0.1) is 24.2 Å². The molecule has 2 aromatic heterocycles. The highest BCUT2D eigenvalue weighted by molar-refractivity contribution is 9.10. The molecule has 0 spiro atoms. The van der Waals surface area contributed by atoms with Crippen LogP contribution in [-0.4, -0.2) is 62.8 Å². The van der Waals surface area contributed by atoms with Crippen molar-refractivity contribution in [2.24, 2.45) is 5.92 Å². The van der Waals surface area contributed by atoms with Crippen molar-refractivity contribution in [3.8, 4) is 11.8 Å². The summed E-state index contributed by atoms with van der Waals surface area (Å²) in [5.74, 6) is -0.190. The van der Waals surface area contributed by atoms with Crippen molar-refractivity contribution in [1.82, 2.24) is 14.5 Å². The van der Waals surface area contributed by atoms with Crippen molar-refractivity contribution < 1.29 is 15.0 Å². The van der Waals surface area contributed by atoms with Crippen molar-refractivity contribution in [2.75, 3.05) is 26.2 Å². The monoisotopic (exact) mass is 482 g/mol. The van der Waals surface area contributed by atoms with Gasteiger partial charge in [-0.05, 0) is 66.2 Å². The lowest BCUT2D eigenvalue weighted by molar-refractivity contribution is -0.0000803. The smallest absolute Gasteiger partial charge is 0.180 e. The summed E-state index contributed by atoms with van der Waals surface area (Å²) in [5, 5.41) is 28.7. The largest absolute Gasteiger partial charge is 0.396 e. The van der Waals surface area contributed by atoms with E-state index in [1.54, 1.807) is 18.3 Å². The molecule has 1 fully saturated rings. The molecule has 1 aliphatic heterocycles. The van der Waals surface area contributed by atoms with Crippen molar-refractivity contribution in [3.63, 3.8) is 0 Å². The van der Waals surface area contributed by atoms with E-state index in [-0.39, 0.29) is 24.9 Å². The molecule has 3 heterocycles. The number of pyridine rings is 1. The number of ketones is 1. The molecule has 7 nitrogen and oxygen atoms in total. The van der Waals surface area contributed by atoms with Crippen LogP contribution in [0.2, 0.25) is 0 Å². The van der Waals surface area contributed by atoms with Gasteiger partial charge in [-0.15, -0.1) is 0 Å². The Bertz CT molecular complexity index is 1170. The van der Waals surface area contributed by atoms with Gasteiger partial charge in [-0.25, -0.2) is 0 Å². The third-order valence-electron chi connectivity index (χ3n) is 5.95. The molecule has 31 heavy (non-hydrogen) atoms. The van der Waals surface area contributed by atoms with Crippen molar-refractivity contribution in [1.29, 1.82) is 5.26 Å². The summed E-state index contributed by atoms with van der Waals surface area (Å²) in [4.78, 5) is 19.8. The quantitative estimate of drug-likeness (QED) is 0.542. The highest BCUT2D eigenvalue weighted by Gasteiger charge is 2.30. The molecule has 2 N–H and O–H groups in total. The number of aliphatic hydroxyl groups excluding tert-OH is 2. The molecule has 4 rings (SSSR count). The number of likely N-dealkylation sites (tertiary alicyclic amines) is 1. The van der Waals surface area contributed by atoms with Crippen LogP contribution in [0.3, 0.4) is 0 Å². The molecule has 160 valence electrons. The van der Waals surface area contributed by atoms with Gasteiger partial charge in [-0.2, -0.15) is 5.26 Å². The number of carbonyl (C=O) groups is 1. The summed E-state index contributed by atoms with van der Waals surface area (Å²) in [6.45, 7) is 3.05. The van der Waals surface area contributed by atoms with Gasteiger partial charge in [0.2, 0.25) is 0 Å². The second-order valence-corrected chi connectivity index (χ2v) is 8.85. The number of nitriles is 1. The van der Waals surface area contributed by atoms with E-state index < -0.39 is 6.10 Å². The van der Waals surface area contributed by atoms with E-state index in [2.05, 4.69) is 27.0 Å². The van der Waals surface area contributed by atoms with E-state index in [9.17, 15) is 15.0 Å². The first-order valence-corrected chi connectivity index (χ1v) is 10.9. The van der Waals surface area contributed by atoms with Crippen LogP contribution in [0.5, 0.6) is 0 Å². The fourth-order valence-corrected chi connectivity index (χ4v) is 4.61. The average Bonchev–Trinajstić information content (AvgIpc) is 3.05. The molecular formula is C23H23BrN4O3. The number of hydrogen-bond acceptors (Lipinski definition) is 6. The molecule has 0 bridgehead atoms. The van der Waals surface area contributed by atoms with Crippen molar-refractivity contribution in [2.45, 2.75) is 19.4 Å². The maximum Gasteiger partial charge on any atom is 0.180 e. The topological polar surface area (TPSA) is 102 Å². The summed E-state index contributed by atoms with van der Waals surface area (Å²) in [5.41, 5.74) is 4.18. The summed E-state index contributed by atoms with van der Waals surface area (Å²) >= 11 is 3.47. The normalized spacial score (nSPS) is 19.5. The van der Waals surface area contributed by atoms with Crippen LogP contribution < -0.4 is 0 Å². The number of halogens is 1. The number of Topliss-reactive ketones (excluding diaryl/α,β-unsaturated/α-hetero) is 1. The Morgan fingerprint density at radius 2 is 2.10 bits per heavy atom. The van der Waals surface area contributed by atoms with Crippen LogP contribution >= 0.6 is 15.9 Å². The minimum absolute atomic E-state index is 0.0427. The van der Waals surface area contributed by atoms with Gasteiger partial charge < -0.3 is 14.8 Å². The molecular weight excluding hydrogens is 460 g/mol. The summed E-state index contributed by atoms with van der Waals surface area (Å²) in [6, 6.07) is 11.3. The third-order valence-corrected chi connectivity index (χ3v) is 6.38. The van der Waals surface area contributed by atoms with Crippen LogP contribution in [0.4, 0.5) is 0 Å². The van der Waals surface area contributed by atoms with Gasteiger partial charge in [-0.3, -0.25) is 14.7 Å². The SMILES string of the molecule is Cc1c(C(=O)CN2CC[C@H](CO)[C@H](O)C2)c2ncc(Br)cc2n1-c1ccc(C#N)cc1. The van der Waals surface area contributed by atoms with Crippen LogP contribution in [0.25, 0.3) is 16.7 Å². The predicted octanol–water partition coefficient (Wildman–Crippen LogP) is 2.83. The molecule has 0 amide bonds. The Balaban J connectivity index is 1.72. The average molecular weight is 483 g/mol. The Labute approximate surface area is 188 Å². The van der Waals surface area contributed by atoms with Gasteiger partial charge in [0.15, 0.2) is 5.78 Å². The number of carbonyl (C=O) groups excluding carboxylic acids is 1. The molecule has 1 aromatic carbocycles. The molecule has 1 saturated heterocycles. The fourth-order valence-electron chi connectivity index (χ4n) is 4.29. The van der Waals surface area contributed by atoms with Crippen LogP contribution in [0.1, 0.15) is 28.0 Å². The second kappa shape index (κ2) is 8.89. The van der Waals surface area contributed by atoms with Gasteiger partial charge in [0.05, 0.1) is 40.9 Å². The minimum atomic E-state index is -0.637. The zero-order valence-electron chi connectivity index (χ0n) is 17.1. The summed E-state index contributed by atoms with van der Waals surface area (Å²) < 4.78 is 2.79. The molecule has 1 aliphatic rings. The van der Waals surface area contributed by atoms with Gasteiger partial charge in [-0.1, -0.05) is 0 Å². The number of rotatable bonds is 5. The highest BCUT2D eigenvalue weighted by Crippen LogP contribution is 2.30. The fraction of sp³-hybridized carbons (Fsp3) is 0.348. The van der Waals surface area contributed by atoms with Crippen LogP contribution in [0.15, 0.2) is 41.0 Å². The predicted molar refractivity (Wildman–Crippen MR) is 120 cm³/mol. The molecule has 3 aromatic rings. The minimum Gasteiger partial charge on any atom is -0.396 e. The zero-order chi connectivity index (χ0) is 22.1. The number of fused-ring (bicyclic) bond motifs is 1. The zero-order valence-corrected chi connectivity index (χ0v) is 18.7.